The van der Waals surface area contributed by atoms with E-state index in [1.54, 1.807) is 7.11 Å². The molecule has 1 N–H and O–H groups in total. The minimum atomic E-state index is -0.242. The van der Waals surface area contributed by atoms with Crippen LogP contribution < -0.4 is 14.2 Å². The summed E-state index contributed by atoms with van der Waals surface area (Å²) in [4.78, 5) is 2.37. The van der Waals surface area contributed by atoms with Crippen molar-refractivity contribution >= 4 is 0 Å². The third-order valence-electron chi connectivity index (χ3n) is 5.56. The summed E-state index contributed by atoms with van der Waals surface area (Å²) in [6.45, 7) is 3.84. The summed E-state index contributed by atoms with van der Waals surface area (Å²) < 4.78 is 17.1. The van der Waals surface area contributed by atoms with Crippen LogP contribution in [0.4, 0.5) is 0 Å². The Morgan fingerprint density at radius 3 is 2.81 bits per heavy atom. The Kier molecular flexibility index (Phi) is 4.74. The first-order valence-electron chi connectivity index (χ1n) is 9.06. The molecule has 2 aliphatic heterocycles. The van der Waals surface area contributed by atoms with Crippen LogP contribution in [0.15, 0.2) is 48.5 Å². The Hall–Kier alpha value is -2.24. The highest BCUT2D eigenvalue weighted by atomic mass is 16.5. The highest BCUT2D eigenvalue weighted by molar-refractivity contribution is 5.46. The quantitative estimate of drug-likeness (QED) is 0.863. The number of hydrogen-bond acceptors (Lipinski definition) is 5. The lowest BCUT2D eigenvalue weighted by atomic mass is 9.74. The van der Waals surface area contributed by atoms with Crippen molar-refractivity contribution in [2.24, 2.45) is 5.41 Å². The predicted molar refractivity (Wildman–Crippen MR) is 99.1 cm³/mol. The van der Waals surface area contributed by atoms with Gasteiger partial charge in [0.1, 0.15) is 23.9 Å². The average molecular weight is 355 g/mol. The van der Waals surface area contributed by atoms with E-state index >= 15 is 0 Å². The van der Waals surface area contributed by atoms with Gasteiger partial charge in [-0.1, -0.05) is 24.3 Å². The van der Waals surface area contributed by atoms with Gasteiger partial charge >= 0.3 is 0 Å². The molecular formula is C21H25NO4. The van der Waals surface area contributed by atoms with Crippen LogP contribution in [-0.2, 0) is 0 Å². The molecule has 2 aromatic carbocycles. The highest BCUT2D eigenvalue weighted by Crippen LogP contribution is 2.49. The second kappa shape index (κ2) is 7.17. The fraction of sp³-hybridized carbons (Fsp3) is 0.429. The van der Waals surface area contributed by atoms with Crippen LogP contribution in [0.25, 0.3) is 0 Å². The molecule has 5 heteroatoms. The second-order valence-electron chi connectivity index (χ2n) is 7.16. The lowest BCUT2D eigenvalue weighted by Crippen LogP contribution is -2.42. The van der Waals surface area contributed by atoms with Crippen molar-refractivity contribution in [3.63, 3.8) is 0 Å². The molecule has 0 spiro atoms. The molecule has 4 rings (SSSR count). The summed E-state index contributed by atoms with van der Waals surface area (Å²) >= 11 is 0. The Bertz CT molecular complexity index is 751. The summed E-state index contributed by atoms with van der Waals surface area (Å²) in [5, 5.41) is 10.1. The standard InChI is InChI=1S/C21H25NO4/c1-24-17-7-8-18-19-12-22(9-10-25-16-5-3-2-4-6-16)13-21(19,14-23)15-26-20(18)11-17/h2-8,11,19,23H,9-10,12-15H2,1H3/t19-,21-/m0/s1. The highest BCUT2D eigenvalue weighted by Gasteiger charge is 2.50. The largest absolute Gasteiger partial charge is 0.497 e. The van der Waals surface area contributed by atoms with Gasteiger partial charge in [-0.3, -0.25) is 4.90 Å². The molecule has 0 aromatic heterocycles. The van der Waals surface area contributed by atoms with Gasteiger partial charge in [0.2, 0.25) is 0 Å². The van der Waals surface area contributed by atoms with Crippen molar-refractivity contribution in [2.45, 2.75) is 5.92 Å². The molecule has 138 valence electrons. The zero-order valence-corrected chi connectivity index (χ0v) is 15.1. The average Bonchev–Trinajstić information content (AvgIpc) is 3.08. The number of nitrogens with zero attached hydrogens (tertiary/aromatic N) is 1. The maximum atomic E-state index is 10.1. The van der Waals surface area contributed by atoms with Crippen LogP contribution in [0.1, 0.15) is 11.5 Å². The molecule has 2 aromatic rings. The number of methoxy groups -OCH3 is 1. The van der Waals surface area contributed by atoms with E-state index in [0.29, 0.717) is 13.2 Å². The van der Waals surface area contributed by atoms with Gasteiger partial charge in [-0.05, 0) is 23.8 Å². The van der Waals surface area contributed by atoms with Gasteiger partial charge in [0, 0.05) is 37.0 Å². The number of fused-ring (bicyclic) bond motifs is 3. The normalized spacial score (nSPS) is 24.5. The Balaban J connectivity index is 1.45. The molecule has 0 bridgehead atoms. The summed E-state index contributed by atoms with van der Waals surface area (Å²) in [5.41, 5.74) is 0.923. The Labute approximate surface area is 154 Å². The second-order valence-corrected chi connectivity index (χ2v) is 7.16. The van der Waals surface area contributed by atoms with E-state index in [-0.39, 0.29) is 17.9 Å². The fourth-order valence-corrected chi connectivity index (χ4v) is 4.11. The van der Waals surface area contributed by atoms with Gasteiger partial charge in [0.15, 0.2) is 0 Å². The molecule has 0 radical (unpaired) electrons. The molecule has 1 fully saturated rings. The monoisotopic (exact) mass is 355 g/mol. The third kappa shape index (κ3) is 3.13. The Morgan fingerprint density at radius 2 is 2.04 bits per heavy atom. The number of likely N-dealkylation sites (tertiary alicyclic amines) is 1. The van der Waals surface area contributed by atoms with Crippen LogP contribution in [0.2, 0.25) is 0 Å². The molecule has 0 amide bonds. The van der Waals surface area contributed by atoms with E-state index in [1.165, 1.54) is 0 Å². The van der Waals surface area contributed by atoms with Gasteiger partial charge in [-0.15, -0.1) is 0 Å². The van der Waals surface area contributed by atoms with Crippen LogP contribution in [0.5, 0.6) is 17.2 Å². The first kappa shape index (κ1) is 17.2. The number of aliphatic hydroxyl groups excluding tert-OH is 1. The molecule has 2 atom stereocenters. The number of hydrogen-bond donors (Lipinski definition) is 1. The zero-order chi connectivity index (χ0) is 18.0. The third-order valence-corrected chi connectivity index (χ3v) is 5.56. The van der Waals surface area contributed by atoms with Crippen molar-refractivity contribution in [3.05, 3.63) is 54.1 Å². The van der Waals surface area contributed by atoms with Gasteiger partial charge in [0.25, 0.3) is 0 Å². The molecule has 1 saturated heterocycles. The van der Waals surface area contributed by atoms with Crippen molar-refractivity contribution in [3.8, 4) is 17.2 Å². The molecule has 0 saturated carbocycles. The minimum Gasteiger partial charge on any atom is -0.497 e. The van der Waals surface area contributed by atoms with Crippen LogP contribution in [-0.4, -0.2) is 56.6 Å². The lowest BCUT2D eigenvalue weighted by molar-refractivity contribution is 0.0452. The number of benzene rings is 2. The smallest absolute Gasteiger partial charge is 0.126 e. The Morgan fingerprint density at radius 1 is 1.19 bits per heavy atom. The lowest BCUT2D eigenvalue weighted by Gasteiger charge is -2.38. The molecule has 2 heterocycles. The molecule has 2 aliphatic rings. The predicted octanol–water partition coefficient (Wildman–Crippen LogP) is 2.54. The van der Waals surface area contributed by atoms with E-state index in [1.807, 2.05) is 42.5 Å². The number of para-hydroxylation sites is 1. The number of aliphatic hydroxyl groups is 1. The SMILES string of the molecule is COc1ccc2c(c1)OC[C@@]1(CO)CN(CCOc3ccccc3)C[C@@H]21. The van der Waals surface area contributed by atoms with E-state index in [9.17, 15) is 5.11 Å². The number of ether oxygens (including phenoxy) is 3. The summed E-state index contributed by atoms with van der Waals surface area (Å²) in [6, 6.07) is 15.9. The first-order chi connectivity index (χ1) is 12.7. The van der Waals surface area contributed by atoms with Crippen molar-refractivity contribution < 1.29 is 19.3 Å². The van der Waals surface area contributed by atoms with Gasteiger partial charge < -0.3 is 19.3 Å². The minimum absolute atomic E-state index is 0.124. The van der Waals surface area contributed by atoms with E-state index in [4.69, 9.17) is 14.2 Å². The van der Waals surface area contributed by atoms with E-state index in [0.717, 1.165) is 42.4 Å². The van der Waals surface area contributed by atoms with E-state index < -0.39 is 0 Å². The molecular weight excluding hydrogens is 330 g/mol. The van der Waals surface area contributed by atoms with Crippen molar-refractivity contribution in [1.29, 1.82) is 0 Å². The van der Waals surface area contributed by atoms with Gasteiger partial charge in [0.05, 0.1) is 20.3 Å². The van der Waals surface area contributed by atoms with Crippen LogP contribution in [0, 0.1) is 5.41 Å². The topological polar surface area (TPSA) is 51.2 Å². The first-order valence-corrected chi connectivity index (χ1v) is 9.06. The van der Waals surface area contributed by atoms with E-state index in [2.05, 4.69) is 11.0 Å². The van der Waals surface area contributed by atoms with Crippen LogP contribution in [0.3, 0.4) is 0 Å². The zero-order valence-electron chi connectivity index (χ0n) is 15.1. The fourth-order valence-electron chi connectivity index (χ4n) is 4.11. The molecule has 0 unspecified atom stereocenters. The number of rotatable bonds is 6. The summed E-state index contributed by atoms with van der Waals surface area (Å²) in [6.07, 6.45) is 0. The van der Waals surface area contributed by atoms with Crippen LogP contribution >= 0.6 is 0 Å². The maximum Gasteiger partial charge on any atom is 0.126 e. The van der Waals surface area contributed by atoms with Crippen molar-refractivity contribution in [2.75, 3.05) is 46.6 Å². The van der Waals surface area contributed by atoms with Gasteiger partial charge in [-0.2, -0.15) is 0 Å². The van der Waals surface area contributed by atoms with Crippen molar-refractivity contribution in [1.82, 2.24) is 4.90 Å². The molecule has 0 aliphatic carbocycles. The van der Waals surface area contributed by atoms with Gasteiger partial charge in [-0.25, -0.2) is 0 Å². The maximum absolute atomic E-state index is 10.1. The molecule has 26 heavy (non-hydrogen) atoms. The summed E-state index contributed by atoms with van der Waals surface area (Å²) in [7, 11) is 1.66. The summed E-state index contributed by atoms with van der Waals surface area (Å²) in [5.74, 6) is 2.83. The molecule has 5 nitrogen and oxygen atoms in total.